The molecular weight excluding hydrogens is 363 g/mol. The highest BCUT2D eigenvalue weighted by molar-refractivity contribution is 7.16. The molecule has 1 unspecified atom stereocenters. The normalized spacial score (nSPS) is 18.8. The average Bonchev–Trinajstić information content (AvgIpc) is 2.80. The van der Waals surface area contributed by atoms with Crippen LogP contribution in [0.3, 0.4) is 0 Å². The molecule has 0 radical (unpaired) electrons. The number of nitrogens with zero attached hydrogens (tertiary/aromatic N) is 2. The highest BCUT2D eigenvalue weighted by atomic mass is 35.5. The van der Waals surface area contributed by atoms with Crippen molar-refractivity contribution in [2.75, 3.05) is 25.0 Å². The van der Waals surface area contributed by atoms with E-state index in [1.807, 2.05) is 6.07 Å². The van der Waals surface area contributed by atoms with Crippen LogP contribution in [0.4, 0.5) is 16.4 Å². The number of thiophene rings is 1. The lowest BCUT2D eigenvalue weighted by Gasteiger charge is -2.36. The van der Waals surface area contributed by atoms with Gasteiger partial charge in [-0.25, -0.2) is 4.99 Å². The summed E-state index contributed by atoms with van der Waals surface area (Å²) in [4.78, 5) is 8.78. The smallest absolute Gasteiger partial charge is 0.139 e. The summed E-state index contributed by atoms with van der Waals surface area (Å²) < 4.78 is 0. The molecule has 0 saturated carbocycles. The van der Waals surface area contributed by atoms with E-state index in [1.165, 1.54) is 15.4 Å². The summed E-state index contributed by atoms with van der Waals surface area (Å²) in [7, 11) is 0. The number of aryl methyl sites for hydroxylation is 1. The Kier molecular flexibility index (Phi) is 6.15. The van der Waals surface area contributed by atoms with Gasteiger partial charge in [0, 0.05) is 30.6 Å². The largest absolute Gasteiger partial charge is 0.351 e. The molecule has 0 bridgehead atoms. The lowest BCUT2D eigenvalue weighted by atomic mass is 10.1. The van der Waals surface area contributed by atoms with Crippen LogP contribution in [0.1, 0.15) is 17.4 Å². The fourth-order valence-electron chi connectivity index (χ4n) is 3.12. The van der Waals surface area contributed by atoms with Crippen molar-refractivity contribution < 1.29 is 0 Å². The van der Waals surface area contributed by atoms with Crippen molar-refractivity contribution in [1.29, 1.82) is 0 Å². The Morgan fingerprint density at radius 1 is 1.25 bits per heavy atom. The van der Waals surface area contributed by atoms with Crippen LogP contribution in [0.25, 0.3) is 0 Å². The zero-order chi connectivity index (χ0) is 15.1. The van der Waals surface area contributed by atoms with E-state index >= 15 is 0 Å². The first kappa shape index (κ1) is 19.1. The number of hydrogen-bond acceptors (Lipinski definition) is 5. The minimum Gasteiger partial charge on any atom is -0.351 e. The summed E-state index contributed by atoms with van der Waals surface area (Å²) in [6, 6.07) is 11.0. The van der Waals surface area contributed by atoms with Crippen LogP contribution in [0, 0.1) is 6.92 Å². The number of rotatable bonds is 0. The molecule has 2 aliphatic heterocycles. The third-order valence-electron chi connectivity index (χ3n) is 4.25. The Hall–Kier alpha value is -1.27. The highest BCUT2D eigenvalue weighted by Gasteiger charge is 2.27. The SMILES string of the molecule is Cc1cc2c(s1)Nc1ccccc1N=C2N1CCNCC1C.Cl.Cl. The fourth-order valence-corrected chi connectivity index (χ4v) is 4.04. The van der Waals surface area contributed by atoms with E-state index in [2.05, 4.69) is 53.6 Å². The maximum atomic E-state index is 5.03. The Morgan fingerprint density at radius 2 is 2.04 bits per heavy atom. The van der Waals surface area contributed by atoms with Crippen LogP contribution < -0.4 is 10.6 Å². The van der Waals surface area contributed by atoms with Crippen molar-refractivity contribution in [3.8, 4) is 0 Å². The van der Waals surface area contributed by atoms with E-state index < -0.39 is 0 Å². The number of amidine groups is 1. The molecule has 1 aromatic carbocycles. The van der Waals surface area contributed by atoms with E-state index in [0.29, 0.717) is 6.04 Å². The summed E-state index contributed by atoms with van der Waals surface area (Å²) in [5.74, 6) is 1.10. The Bertz CT molecular complexity index is 744. The molecule has 0 amide bonds. The van der Waals surface area contributed by atoms with Crippen molar-refractivity contribution in [2.45, 2.75) is 19.9 Å². The average molecular weight is 385 g/mol. The van der Waals surface area contributed by atoms with Gasteiger partial charge in [0.25, 0.3) is 0 Å². The van der Waals surface area contributed by atoms with Gasteiger partial charge in [-0.3, -0.25) is 0 Å². The maximum absolute atomic E-state index is 5.03. The van der Waals surface area contributed by atoms with Crippen molar-refractivity contribution in [3.63, 3.8) is 0 Å². The van der Waals surface area contributed by atoms with Crippen LogP contribution in [-0.4, -0.2) is 36.4 Å². The molecule has 2 aromatic rings. The summed E-state index contributed by atoms with van der Waals surface area (Å²) >= 11 is 1.80. The molecule has 24 heavy (non-hydrogen) atoms. The monoisotopic (exact) mass is 384 g/mol. The summed E-state index contributed by atoms with van der Waals surface area (Å²) in [5.41, 5.74) is 3.33. The number of aliphatic imine (C=N–C) groups is 1. The molecule has 1 saturated heterocycles. The minimum atomic E-state index is 0. The van der Waals surface area contributed by atoms with Crippen LogP contribution >= 0.6 is 36.2 Å². The number of halogens is 2. The van der Waals surface area contributed by atoms with Gasteiger partial charge < -0.3 is 15.5 Å². The highest BCUT2D eigenvalue weighted by Crippen LogP contribution is 2.39. The molecule has 0 aliphatic carbocycles. The van der Waals surface area contributed by atoms with Crippen molar-refractivity contribution in [3.05, 3.63) is 40.8 Å². The minimum absolute atomic E-state index is 0. The van der Waals surface area contributed by atoms with Gasteiger partial charge in [0.2, 0.25) is 0 Å². The van der Waals surface area contributed by atoms with E-state index in [0.717, 1.165) is 36.8 Å². The van der Waals surface area contributed by atoms with Gasteiger partial charge in [0.05, 0.1) is 16.9 Å². The molecule has 4 rings (SSSR count). The third kappa shape index (κ3) is 3.40. The number of para-hydroxylation sites is 2. The van der Waals surface area contributed by atoms with Gasteiger partial charge in [-0.1, -0.05) is 12.1 Å². The second-order valence-electron chi connectivity index (χ2n) is 5.92. The molecular formula is C17H22Cl2N4S. The number of piperazine rings is 1. The Balaban J connectivity index is 0.00000104. The molecule has 1 fully saturated rings. The van der Waals surface area contributed by atoms with E-state index in [9.17, 15) is 0 Å². The lowest BCUT2D eigenvalue weighted by molar-refractivity contribution is 0.275. The number of nitrogens with one attached hydrogen (secondary N) is 2. The third-order valence-corrected chi connectivity index (χ3v) is 5.21. The summed E-state index contributed by atoms with van der Waals surface area (Å²) in [6.45, 7) is 7.43. The first-order valence-electron chi connectivity index (χ1n) is 7.75. The second-order valence-corrected chi connectivity index (χ2v) is 7.18. The van der Waals surface area contributed by atoms with E-state index in [1.54, 1.807) is 11.3 Å². The molecule has 2 aliphatic rings. The molecule has 3 heterocycles. The van der Waals surface area contributed by atoms with Crippen molar-refractivity contribution in [1.82, 2.24) is 10.2 Å². The maximum Gasteiger partial charge on any atom is 0.139 e. The summed E-state index contributed by atoms with van der Waals surface area (Å²) in [6.07, 6.45) is 0. The van der Waals surface area contributed by atoms with Gasteiger partial charge in [-0.2, -0.15) is 0 Å². The Morgan fingerprint density at radius 3 is 2.83 bits per heavy atom. The van der Waals surface area contributed by atoms with Crippen LogP contribution in [0.5, 0.6) is 0 Å². The predicted octanol–water partition coefficient (Wildman–Crippen LogP) is 4.33. The zero-order valence-electron chi connectivity index (χ0n) is 13.7. The van der Waals surface area contributed by atoms with Crippen LogP contribution in [-0.2, 0) is 0 Å². The molecule has 4 nitrogen and oxygen atoms in total. The lowest BCUT2D eigenvalue weighted by Crippen LogP contribution is -2.52. The zero-order valence-corrected chi connectivity index (χ0v) is 16.2. The quantitative estimate of drug-likeness (QED) is 0.709. The molecule has 7 heteroatoms. The van der Waals surface area contributed by atoms with Gasteiger partial charge in [-0.05, 0) is 32.0 Å². The Labute approximate surface area is 159 Å². The van der Waals surface area contributed by atoms with E-state index in [-0.39, 0.29) is 24.8 Å². The topological polar surface area (TPSA) is 39.7 Å². The van der Waals surface area contributed by atoms with E-state index in [4.69, 9.17) is 4.99 Å². The predicted molar refractivity (Wildman–Crippen MR) is 109 cm³/mol. The van der Waals surface area contributed by atoms with Gasteiger partial charge in [0.15, 0.2) is 0 Å². The molecule has 2 N–H and O–H groups in total. The standard InChI is InChI=1S/C17H20N4S.2ClH/c1-11-10-18-7-8-21(11)16-13-9-12(2)22-17(13)20-15-6-4-3-5-14(15)19-16;;/h3-6,9,11,18,20H,7-8,10H2,1-2H3;2*1H. The van der Waals surface area contributed by atoms with Crippen molar-refractivity contribution in [2.24, 2.45) is 4.99 Å². The molecule has 1 aromatic heterocycles. The number of hydrogen-bond donors (Lipinski definition) is 2. The second kappa shape index (κ2) is 7.74. The first-order valence-corrected chi connectivity index (χ1v) is 8.57. The van der Waals surface area contributed by atoms with Crippen LogP contribution in [0.2, 0.25) is 0 Å². The van der Waals surface area contributed by atoms with Gasteiger partial charge in [0.1, 0.15) is 10.8 Å². The fraction of sp³-hybridized carbons (Fsp3) is 0.353. The first-order chi connectivity index (χ1) is 10.7. The molecule has 1 atom stereocenters. The van der Waals surface area contributed by atoms with Gasteiger partial charge in [-0.15, -0.1) is 36.2 Å². The number of fused-ring (bicyclic) bond motifs is 2. The molecule has 130 valence electrons. The molecule has 0 spiro atoms. The number of benzene rings is 1. The van der Waals surface area contributed by atoms with Crippen LogP contribution in [0.15, 0.2) is 35.3 Å². The number of anilines is 2. The van der Waals surface area contributed by atoms with Gasteiger partial charge >= 0.3 is 0 Å². The van der Waals surface area contributed by atoms with Crippen molar-refractivity contribution >= 4 is 58.4 Å². The summed E-state index contributed by atoms with van der Waals surface area (Å²) in [5, 5.41) is 8.23.